The van der Waals surface area contributed by atoms with E-state index in [4.69, 9.17) is 16.3 Å². The van der Waals surface area contributed by atoms with Crippen LogP contribution in [-0.4, -0.2) is 35.3 Å². The van der Waals surface area contributed by atoms with Gasteiger partial charge in [-0.3, -0.25) is 14.4 Å². The zero-order valence-corrected chi connectivity index (χ0v) is 18.8. The largest absolute Gasteiger partial charge is 0.452 e. The molecule has 0 unspecified atom stereocenters. The van der Waals surface area contributed by atoms with Crippen molar-refractivity contribution in [2.75, 3.05) is 16.8 Å². The van der Waals surface area contributed by atoms with Gasteiger partial charge in [0, 0.05) is 22.7 Å². The lowest BCUT2D eigenvalue weighted by Crippen LogP contribution is -2.40. The topological polar surface area (TPSA) is 106 Å². The summed E-state index contributed by atoms with van der Waals surface area (Å²) >= 11 is 5.75. The van der Waals surface area contributed by atoms with Crippen LogP contribution in [0.3, 0.4) is 0 Å². The van der Waals surface area contributed by atoms with E-state index in [1.165, 1.54) is 36.5 Å². The maximum atomic E-state index is 13.1. The van der Waals surface area contributed by atoms with Gasteiger partial charge in [-0.1, -0.05) is 35.9 Å². The van der Waals surface area contributed by atoms with E-state index in [-0.39, 0.29) is 11.4 Å². The van der Waals surface area contributed by atoms with Crippen molar-refractivity contribution in [1.82, 2.24) is 4.98 Å². The molecular weight excluding hydrogens is 470 g/mol. The number of aromatic nitrogens is 1. The highest BCUT2D eigenvalue weighted by Gasteiger charge is 2.33. The van der Waals surface area contributed by atoms with E-state index >= 15 is 0 Å². The number of benzene rings is 3. The van der Waals surface area contributed by atoms with Gasteiger partial charge < -0.3 is 10.1 Å². The minimum Gasteiger partial charge on any atom is -0.452 e. The molecule has 4 aromatic rings. The van der Waals surface area contributed by atoms with E-state index in [0.29, 0.717) is 27.2 Å². The van der Waals surface area contributed by atoms with Gasteiger partial charge in [0.1, 0.15) is 5.82 Å². The van der Waals surface area contributed by atoms with Gasteiger partial charge in [-0.05, 0) is 53.9 Å². The molecule has 0 spiro atoms. The minimum atomic E-state index is -0.734. The Kier molecular flexibility index (Phi) is 5.72. The highest BCUT2D eigenvalue weighted by atomic mass is 35.5. The predicted octanol–water partition coefficient (Wildman–Crippen LogP) is 4.48. The Morgan fingerprint density at radius 3 is 2.14 bits per heavy atom. The molecule has 0 saturated heterocycles. The van der Waals surface area contributed by atoms with Crippen molar-refractivity contribution in [3.63, 3.8) is 0 Å². The lowest BCUT2D eigenvalue weighted by atomic mass is 9.94. The fourth-order valence-corrected chi connectivity index (χ4v) is 3.97. The molecule has 0 fully saturated rings. The van der Waals surface area contributed by atoms with E-state index in [1.807, 2.05) is 12.1 Å². The third-order valence-electron chi connectivity index (χ3n) is 5.46. The second-order valence-corrected chi connectivity index (χ2v) is 8.12. The molecule has 8 nitrogen and oxygen atoms in total. The third kappa shape index (κ3) is 4.22. The lowest BCUT2D eigenvalue weighted by Gasteiger charge is -2.27. The van der Waals surface area contributed by atoms with Crippen molar-refractivity contribution in [3.05, 3.63) is 101 Å². The molecule has 0 bridgehead atoms. The number of anilines is 2. The number of nitrogens with zero attached hydrogens (tertiary/aromatic N) is 2. The number of halogens is 1. The standard InChI is InChI=1S/C26H16ClN3O5/c27-17-9-12-21(28-13-17)29-22(31)14-35-26(34)16-7-10-18(11-8-16)30-24(32)19-5-1-3-15-4-2-6-20(23(15)19)25(30)33/h1-13H,14H2,(H,28,29,31). The molecule has 0 radical (unpaired) electrons. The van der Waals surface area contributed by atoms with Crippen LogP contribution in [0.15, 0.2) is 79.0 Å². The number of rotatable bonds is 5. The molecular formula is C26H16ClN3O5. The zero-order valence-electron chi connectivity index (χ0n) is 18.0. The number of carbonyl (C=O) groups excluding carboxylic acids is 4. The molecule has 35 heavy (non-hydrogen) atoms. The van der Waals surface area contributed by atoms with Gasteiger partial charge in [-0.15, -0.1) is 0 Å². The van der Waals surface area contributed by atoms with E-state index in [2.05, 4.69) is 10.3 Å². The van der Waals surface area contributed by atoms with Crippen LogP contribution in [0.2, 0.25) is 5.02 Å². The normalized spacial score (nSPS) is 12.5. The van der Waals surface area contributed by atoms with Crippen molar-refractivity contribution in [2.24, 2.45) is 0 Å². The molecule has 1 aliphatic rings. The number of amides is 3. The molecule has 9 heteroatoms. The smallest absolute Gasteiger partial charge is 0.338 e. The molecule has 3 aromatic carbocycles. The number of hydrogen-bond acceptors (Lipinski definition) is 6. The van der Waals surface area contributed by atoms with E-state index in [9.17, 15) is 19.2 Å². The highest BCUT2D eigenvalue weighted by molar-refractivity contribution is 6.35. The monoisotopic (exact) mass is 485 g/mol. The summed E-state index contributed by atoms with van der Waals surface area (Å²) in [6.45, 7) is -0.519. The Hall–Kier alpha value is -4.56. The summed E-state index contributed by atoms with van der Waals surface area (Å²) in [5, 5.41) is 4.36. The van der Waals surface area contributed by atoms with Crippen LogP contribution in [0.25, 0.3) is 10.8 Å². The molecule has 0 atom stereocenters. The van der Waals surface area contributed by atoms with Crippen LogP contribution in [0.4, 0.5) is 11.5 Å². The van der Waals surface area contributed by atoms with Crippen LogP contribution in [0, 0.1) is 0 Å². The molecule has 0 aliphatic carbocycles. The van der Waals surface area contributed by atoms with Gasteiger partial charge in [0.25, 0.3) is 17.7 Å². The highest BCUT2D eigenvalue weighted by Crippen LogP contribution is 2.32. The number of imide groups is 1. The molecule has 1 aromatic heterocycles. The Morgan fingerprint density at radius 2 is 1.54 bits per heavy atom. The lowest BCUT2D eigenvalue weighted by molar-refractivity contribution is -0.119. The van der Waals surface area contributed by atoms with Gasteiger partial charge in [-0.25, -0.2) is 14.7 Å². The van der Waals surface area contributed by atoms with Gasteiger partial charge in [0.15, 0.2) is 6.61 Å². The number of nitrogens with one attached hydrogen (secondary N) is 1. The summed E-state index contributed by atoms with van der Waals surface area (Å²) in [5.41, 5.74) is 1.34. The van der Waals surface area contributed by atoms with Crippen molar-refractivity contribution in [3.8, 4) is 0 Å². The number of esters is 1. The SMILES string of the molecule is O=C(COC(=O)c1ccc(N2C(=O)c3cccc4cccc(c34)C2=O)cc1)Nc1ccc(Cl)cn1. The van der Waals surface area contributed by atoms with Gasteiger partial charge in [0.2, 0.25) is 0 Å². The maximum absolute atomic E-state index is 13.1. The van der Waals surface area contributed by atoms with Gasteiger partial charge in [0.05, 0.1) is 16.3 Å². The quantitative estimate of drug-likeness (QED) is 0.330. The minimum absolute atomic E-state index is 0.158. The summed E-state index contributed by atoms with van der Waals surface area (Å²) in [4.78, 5) is 55.7. The summed E-state index contributed by atoms with van der Waals surface area (Å²) in [5.74, 6) is -1.92. The Balaban J connectivity index is 1.28. The first-order valence-corrected chi connectivity index (χ1v) is 10.9. The third-order valence-corrected chi connectivity index (χ3v) is 5.69. The first-order chi connectivity index (χ1) is 16.9. The van der Waals surface area contributed by atoms with Gasteiger partial charge >= 0.3 is 5.97 Å². The fraction of sp³-hybridized carbons (Fsp3) is 0.0385. The summed E-state index contributed by atoms with van der Waals surface area (Å²) in [6.07, 6.45) is 1.38. The van der Waals surface area contributed by atoms with Crippen LogP contribution in [0.5, 0.6) is 0 Å². The van der Waals surface area contributed by atoms with E-state index in [0.717, 1.165) is 10.3 Å². The van der Waals surface area contributed by atoms with Crippen LogP contribution in [-0.2, 0) is 9.53 Å². The molecule has 3 amide bonds. The Morgan fingerprint density at radius 1 is 0.886 bits per heavy atom. The van der Waals surface area contributed by atoms with Crippen LogP contribution in [0.1, 0.15) is 31.1 Å². The van der Waals surface area contributed by atoms with Gasteiger partial charge in [-0.2, -0.15) is 0 Å². The number of carbonyl (C=O) groups is 4. The van der Waals surface area contributed by atoms with Crippen LogP contribution < -0.4 is 10.2 Å². The van der Waals surface area contributed by atoms with Crippen molar-refractivity contribution < 1.29 is 23.9 Å². The number of hydrogen-bond donors (Lipinski definition) is 1. The molecule has 1 N–H and O–H groups in total. The van der Waals surface area contributed by atoms with Crippen LogP contribution >= 0.6 is 11.6 Å². The number of ether oxygens (including phenoxy) is 1. The van der Waals surface area contributed by atoms with Crippen molar-refractivity contribution >= 4 is 57.6 Å². The summed E-state index contributed by atoms with van der Waals surface area (Å²) in [6, 6.07) is 19.5. The summed E-state index contributed by atoms with van der Waals surface area (Å²) < 4.78 is 5.05. The molecule has 2 heterocycles. The Bertz CT molecular complexity index is 1450. The maximum Gasteiger partial charge on any atom is 0.338 e. The second-order valence-electron chi connectivity index (χ2n) is 7.69. The second kappa shape index (κ2) is 9.00. The predicted molar refractivity (Wildman–Crippen MR) is 130 cm³/mol. The average molecular weight is 486 g/mol. The zero-order chi connectivity index (χ0) is 24.5. The summed E-state index contributed by atoms with van der Waals surface area (Å²) in [7, 11) is 0. The van der Waals surface area contributed by atoms with Crippen molar-refractivity contribution in [2.45, 2.75) is 0 Å². The van der Waals surface area contributed by atoms with E-state index < -0.39 is 30.3 Å². The fourth-order valence-electron chi connectivity index (χ4n) is 3.85. The molecule has 0 saturated carbocycles. The molecule has 172 valence electrons. The van der Waals surface area contributed by atoms with Crippen molar-refractivity contribution in [1.29, 1.82) is 0 Å². The Labute approximate surface area is 204 Å². The first-order valence-electron chi connectivity index (χ1n) is 10.5. The molecule has 1 aliphatic heterocycles. The molecule has 5 rings (SSSR count). The number of pyridine rings is 1. The first kappa shape index (κ1) is 22.2. The average Bonchev–Trinajstić information content (AvgIpc) is 2.87. The van der Waals surface area contributed by atoms with E-state index in [1.54, 1.807) is 30.3 Å².